The average Bonchev–Trinajstić information content (AvgIpc) is 2.07. The summed E-state index contributed by atoms with van der Waals surface area (Å²) in [5, 5.41) is 0. The molecule has 0 bridgehead atoms. The molecule has 1 aromatic carbocycles. The number of benzene rings is 1. The molecule has 1 unspecified atom stereocenters. The SMILES string of the molecule is CC(N)CN(C)Cc1ccc(Br)cc1.Cl. The molecule has 0 fully saturated rings. The number of nitrogens with zero attached hydrogens (tertiary/aromatic N) is 1. The molecule has 0 spiro atoms. The number of nitrogens with two attached hydrogens (primary N) is 1. The molecular weight excluding hydrogens is 275 g/mol. The van der Waals surface area contributed by atoms with E-state index in [-0.39, 0.29) is 18.4 Å². The first-order valence-corrected chi connectivity index (χ1v) is 5.56. The van der Waals surface area contributed by atoms with Gasteiger partial charge in [-0.25, -0.2) is 0 Å². The molecular formula is C11H18BrClN2. The van der Waals surface area contributed by atoms with Crippen molar-refractivity contribution in [3.05, 3.63) is 34.3 Å². The fourth-order valence-corrected chi connectivity index (χ4v) is 1.72. The van der Waals surface area contributed by atoms with Crippen LogP contribution < -0.4 is 5.73 Å². The topological polar surface area (TPSA) is 29.3 Å². The van der Waals surface area contributed by atoms with Crippen LogP contribution in [0.3, 0.4) is 0 Å². The van der Waals surface area contributed by atoms with Gasteiger partial charge in [0.05, 0.1) is 0 Å². The van der Waals surface area contributed by atoms with Crippen LogP contribution in [0, 0.1) is 0 Å². The fourth-order valence-electron chi connectivity index (χ4n) is 1.46. The van der Waals surface area contributed by atoms with E-state index in [1.165, 1.54) is 5.56 Å². The minimum absolute atomic E-state index is 0. The second-order valence-corrected chi connectivity index (χ2v) is 4.72. The summed E-state index contributed by atoms with van der Waals surface area (Å²) in [7, 11) is 2.09. The Hall–Kier alpha value is -0.0900. The third-order valence-electron chi connectivity index (χ3n) is 1.97. The van der Waals surface area contributed by atoms with Crippen molar-refractivity contribution in [2.75, 3.05) is 13.6 Å². The Balaban J connectivity index is 0.00000196. The highest BCUT2D eigenvalue weighted by molar-refractivity contribution is 9.10. The van der Waals surface area contributed by atoms with Gasteiger partial charge in [-0.05, 0) is 31.7 Å². The minimum atomic E-state index is 0. The van der Waals surface area contributed by atoms with Gasteiger partial charge in [-0.2, -0.15) is 0 Å². The molecule has 2 nitrogen and oxygen atoms in total. The summed E-state index contributed by atoms with van der Waals surface area (Å²) in [5.74, 6) is 0. The van der Waals surface area contributed by atoms with Crippen molar-refractivity contribution in [3.8, 4) is 0 Å². The van der Waals surface area contributed by atoms with E-state index in [1.54, 1.807) is 0 Å². The maximum atomic E-state index is 5.72. The third kappa shape index (κ3) is 6.15. The van der Waals surface area contributed by atoms with Crippen LogP contribution in [0.2, 0.25) is 0 Å². The van der Waals surface area contributed by atoms with Crippen molar-refractivity contribution in [2.45, 2.75) is 19.5 Å². The molecule has 0 aliphatic rings. The van der Waals surface area contributed by atoms with Gasteiger partial charge in [0.1, 0.15) is 0 Å². The quantitative estimate of drug-likeness (QED) is 0.925. The van der Waals surface area contributed by atoms with Gasteiger partial charge >= 0.3 is 0 Å². The summed E-state index contributed by atoms with van der Waals surface area (Å²) in [6.07, 6.45) is 0. The normalized spacial score (nSPS) is 12.3. The predicted octanol–water partition coefficient (Wildman–Crippen LogP) is 2.65. The molecule has 0 aliphatic carbocycles. The van der Waals surface area contributed by atoms with Crippen LogP contribution in [0.15, 0.2) is 28.7 Å². The average molecular weight is 294 g/mol. The summed E-state index contributed by atoms with van der Waals surface area (Å²) >= 11 is 3.42. The van der Waals surface area contributed by atoms with Gasteiger partial charge in [-0.3, -0.25) is 0 Å². The van der Waals surface area contributed by atoms with E-state index in [9.17, 15) is 0 Å². The molecule has 0 saturated carbocycles. The second-order valence-electron chi connectivity index (χ2n) is 3.80. The van der Waals surface area contributed by atoms with Crippen LogP contribution in [-0.4, -0.2) is 24.5 Å². The maximum absolute atomic E-state index is 5.72. The van der Waals surface area contributed by atoms with Gasteiger partial charge in [-0.1, -0.05) is 28.1 Å². The first kappa shape index (κ1) is 14.9. The molecule has 0 saturated heterocycles. The van der Waals surface area contributed by atoms with E-state index in [2.05, 4.69) is 52.1 Å². The standard InChI is InChI=1S/C11H17BrN2.ClH/c1-9(13)7-14(2)8-10-3-5-11(12)6-4-10;/h3-6,9H,7-8,13H2,1-2H3;1H. The first-order valence-electron chi connectivity index (χ1n) is 4.76. The number of rotatable bonds is 4. The first-order chi connectivity index (χ1) is 6.58. The summed E-state index contributed by atoms with van der Waals surface area (Å²) in [6, 6.07) is 8.61. The molecule has 4 heteroatoms. The van der Waals surface area contributed by atoms with Crippen LogP contribution in [0.1, 0.15) is 12.5 Å². The van der Waals surface area contributed by atoms with E-state index in [4.69, 9.17) is 5.73 Å². The fraction of sp³-hybridized carbons (Fsp3) is 0.455. The monoisotopic (exact) mass is 292 g/mol. The van der Waals surface area contributed by atoms with Crippen molar-refractivity contribution in [2.24, 2.45) is 5.73 Å². The van der Waals surface area contributed by atoms with E-state index < -0.39 is 0 Å². The van der Waals surface area contributed by atoms with E-state index in [0.29, 0.717) is 0 Å². The van der Waals surface area contributed by atoms with Crippen LogP contribution >= 0.6 is 28.3 Å². The molecule has 15 heavy (non-hydrogen) atoms. The van der Waals surface area contributed by atoms with Crippen molar-refractivity contribution in [1.82, 2.24) is 4.90 Å². The van der Waals surface area contributed by atoms with Gasteiger partial charge in [-0.15, -0.1) is 12.4 Å². The van der Waals surface area contributed by atoms with Crippen LogP contribution in [0.4, 0.5) is 0 Å². The van der Waals surface area contributed by atoms with Gasteiger partial charge in [0.25, 0.3) is 0 Å². The molecule has 2 N–H and O–H groups in total. The lowest BCUT2D eigenvalue weighted by Gasteiger charge is -2.18. The number of hydrogen-bond donors (Lipinski definition) is 1. The lowest BCUT2D eigenvalue weighted by atomic mass is 10.2. The largest absolute Gasteiger partial charge is 0.327 e. The number of halogens is 2. The highest BCUT2D eigenvalue weighted by Crippen LogP contribution is 2.11. The molecule has 1 aromatic rings. The molecule has 0 amide bonds. The van der Waals surface area contributed by atoms with E-state index in [1.807, 2.05) is 6.92 Å². The maximum Gasteiger partial charge on any atom is 0.0231 e. The summed E-state index contributed by atoms with van der Waals surface area (Å²) < 4.78 is 1.12. The Kier molecular flexibility index (Phi) is 7.18. The number of hydrogen-bond acceptors (Lipinski definition) is 2. The van der Waals surface area contributed by atoms with Gasteiger partial charge in [0.15, 0.2) is 0 Å². The van der Waals surface area contributed by atoms with Gasteiger partial charge in [0.2, 0.25) is 0 Å². The Bertz CT molecular complexity index is 274. The zero-order valence-corrected chi connectivity index (χ0v) is 11.5. The van der Waals surface area contributed by atoms with Gasteiger partial charge in [0, 0.05) is 23.6 Å². The summed E-state index contributed by atoms with van der Waals surface area (Å²) in [5.41, 5.74) is 7.04. The highest BCUT2D eigenvalue weighted by Gasteiger charge is 2.02. The Morgan fingerprint density at radius 2 is 1.87 bits per heavy atom. The van der Waals surface area contributed by atoms with Crippen molar-refractivity contribution >= 4 is 28.3 Å². The van der Waals surface area contributed by atoms with Crippen LogP contribution in [0.25, 0.3) is 0 Å². The molecule has 0 aliphatic heterocycles. The zero-order valence-electron chi connectivity index (χ0n) is 9.11. The number of likely N-dealkylation sites (N-methyl/N-ethyl adjacent to an activating group) is 1. The Labute approximate surface area is 106 Å². The molecule has 1 rings (SSSR count). The van der Waals surface area contributed by atoms with Crippen LogP contribution in [-0.2, 0) is 6.54 Å². The van der Waals surface area contributed by atoms with Crippen molar-refractivity contribution in [3.63, 3.8) is 0 Å². The molecule has 0 aromatic heterocycles. The smallest absolute Gasteiger partial charge is 0.0231 e. The molecule has 86 valence electrons. The van der Waals surface area contributed by atoms with E-state index >= 15 is 0 Å². The molecule has 0 radical (unpaired) electrons. The highest BCUT2D eigenvalue weighted by atomic mass is 79.9. The molecule has 1 atom stereocenters. The van der Waals surface area contributed by atoms with Gasteiger partial charge < -0.3 is 10.6 Å². The van der Waals surface area contributed by atoms with Crippen molar-refractivity contribution in [1.29, 1.82) is 0 Å². The molecule has 0 heterocycles. The minimum Gasteiger partial charge on any atom is -0.327 e. The summed E-state index contributed by atoms with van der Waals surface area (Å²) in [4.78, 5) is 2.23. The lowest BCUT2D eigenvalue weighted by molar-refractivity contribution is 0.310. The lowest BCUT2D eigenvalue weighted by Crippen LogP contribution is -2.32. The summed E-state index contributed by atoms with van der Waals surface area (Å²) in [6.45, 7) is 3.91. The second kappa shape index (κ2) is 7.23. The Morgan fingerprint density at radius 3 is 2.33 bits per heavy atom. The predicted molar refractivity (Wildman–Crippen MR) is 71.4 cm³/mol. The van der Waals surface area contributed by atoms with Crippen molar-refractivity contribution < 1.29 is 0 Å². The van der Waals surface area contributed by atoms with Crippen LogP contribution in [0.5, 0.6) is 0 Å². The zero-order chi connectivity index (χ0) is 10.6. The Morgan fingerprint density at radius 1 is 1.33 bits per heavy atom. The van der Waals surface area contributed by atoms with E-state index in [0.717, 1.165) is 17.6 Å². The third-order valence-corrected chi connectivity index (χ3v) is 2.49.